The van der Waals surface area contributed by atoms with Crippen LogP contribution in [0.25, 0.3) is 0 Å². The molecule has 92 valence electrons. The van der Waals surface area contributed by atoms with E-state index >= 15 is 0 Å². The molecule has 1 N–H and O–H groups in total. The van der Waals surface area contributed by atoms with Crippen LogP contribution in [0.1, 0.15) is 31.2 Å². The number of aliphatic carboxylic acids is 1. The van der Waals surface area contributed by atoms with Crippen molar-refractivity contribution in [2.45, 2.75) is 42.2 Å². The molecule has 1 saturated carbocycles. The number of rotatable bonds is 4. The summed E-state index contributed by atoms with van der Waals surface area (Å²) >= 11 is 0. The van der Waals surface area contributed by atoms with Gasteiger partial charge in [0.2, 0.25) is 0 Å². The molecule has 1 aliphatic carbocycles. The molecule has 1 fully saturated rings. The summed E-state index contributed by atoms with van der Waals surface area (Å²) in [5.74, 6) is -0.838. The van der Waals surface area contributed by atoms with Crippen molar-refractivity contribution in [3.05, 3.63) is 29.8 Å². The highest BCUT2D eigenvalue weighted by Gasteiger charge is 2.22. The SMILES string of the molecule is O=C(O)Cc1ccc(S(=O)C2CCCC2)cc1. The van der Waals surface area contributed by atoms with Crippen LogP contribution in [0, 0.1) is 0 Å². The van der Waals surface area contributed by atoms with Gasteiger partial charge in [0.1, 0.15) is 0 Å². The fourth-order valence-corrected chi connectivity index (χ4v) is 3.76. The van der Waals surface area contributed by atoms with Crippen molar-refractivity contribution < 1.29 is 14.1 Å². The third-order valence-electron chi connectivity index (χ3n) is 3.12. The van der Waals surface area contributed by atoms with E-state index in [2.05, 4.69) is 0 Å². The maximum absolute atomic E-state index is 12.2. The van der Waals surface area contributed by atoms with E-state index in [9.17, 15) is 9.00 Å². The van der Waals surface area contributed by atoms with E-state index in [1.165, 1.54) is 12.8 Å². The van der Waals surface area contributed by atoms with Crippen LogP contribution >= 0.6 is 0 Å². The second kappa shape index (κ2) is 5.45. The second-order valence-corrected chi connectivity index (χ2v) is 6.15. The summed E-state index contributed by atoms with van der Waals surface area (Å²) < 4.78 is 12.2. The fraction of sp³-hybridized carbons (Fsp3) is 0.462. The molecule has 0 spiro atoms. The molecule has 1 aromatic rings. The molecule has 0 amide bonds. The third kappa shape index (κ3) is 3.16. The van der Waals surface area contributed by atoms with E-state index in [-0.39, 0.29) is 6.42 Å². The standard InChI is InChI=1S/C13H16O3S/c14-13(15)9-10-5-7-12(8-6-10)17(16)11-3-1-2-4-11/h5-8,11H,1-4,9H2,(H,14,15). The summed E-state index contributed by atoms with van der Waals surface area (Å²) in [6.07, 6.45) is 4.46. The van der Waals surface area contributed by atoms with Crippen molar-refractivity contribution in [1.29, 1.82) is 0 Å². The third-order valence-corrected chi connectivity index (χ3v) is 4.93. The van der Waals surface area contributed by atoms with Crippen molar-refractivity contribution in [2.24, 2.45) is 0 Å². The maximum Gasteiger partial charge on any atom is 0.307 e. The lowest BCUT2D eigenvalue weighted by Crippen LogP contribution is -2.10. The first-order valence-electron chi connectivity index (χ1n) is 5.88. The zero-order valence-corrected chi connectivity index (χ0v) is 10.4. The highest BCUT2D eigenvalue weighted by Crippen LogP contribution is 2.26. The minimum Gasteiger partial charge on any atom is -0.481 e. The number of carbonyl (C=O) groups is 1. The maximum atomic E-state index is 12.2. The Labute approximate surface area is 103 Å². The Kier molecular flexibility index (Phi) is 3.94. The number of benzene rings is 1. The van der Waals surface area contributed by atoms with Crippen molar-refractivity contribution in [1.82, 2.24) is 0 Å². The molecule has 0 heterocycles. The highest BCUT2D eigenvalue weighted by atomic mass is 32.2. The van der Waals surface area contributed by atoms with E-state index in [1.807, 2.05) is 0 Å². The van der Waals surface area contributed by atoms with Crippen molar-refractivity contribution >= 4 is 16.8 Å². The lowest BCUT2D eigenvalue weighted by atomic mass is 10.2. The Bertz CT molecular complexity index is 419. The number of carboxylic acids is 1. The smallest absolute Gasteiger partial charge is 0.307 e. The molecule has 0 radical (unpaired) electrons. The van der Waals surface area contributed by atoms with Crippen molar-refractivity contribution in [2.75, 3.05) is 0 Å². The van der Waals surface area contributed by atoms with E-state index in [0.29, 0.717) is 5.25 Å². The number of carboxylic acid groups (broad SMARTS) is 1. The molecule has 4 heteroatoms. The molecule has 0 aromatic heterocycles. The van der Waals surface area contributed by atoms with Gasteiger partial charge in [0.05, 0.1) is 17.2 Å². The van der Waals surface area contributed by atoms with Gasteiger partial charge in [-0.15, -0.1) is 0 Å². The predicted octanol–water partition coefficient (Wildman–Crippen LogP) is 2.36. The second-order valence-electron chi connectivity index (χ2n) is 4.42. The molecule has 1 aromatic carbocycles. The molecule has 1 aliphatic rings. The summed E-state index contributed by atoms with van der Waals surface area (Å²) in [4.78, 5) is 11.4. The predicted molar refractivity (Wildman–Crippen MR) is 66.4 cm³/mol. The molecule has 0 saturated heterocycles. The first-order chi connectivity index (χ1) is 8.16. The summed E-state index contributed by atoms with van der Waals surface area (Å²) in [6, 6.07) is 7.12. The van der Waals surface area contributed by atoms with Crippen LogP contribution in [0.15, 0.2) is 29.2 Å². The summed E-state index contributed by atoms with van der Waals surface area (Å²) in [5, 5.41) is 8.95. The Morgan fingerprint density at radius 1 is 1.24 bits per heavy atom. The van der Waals surface area contributed by atoms with Crippen LogP contribution in [0.4, 0.5) is 0 Å². The number of hydrogen-bond donors (Lipinski definition) is 1. The minimum absolute atomic E-state index is 0.0242. The number of hydrogen-bond acceptors (Lipinski definition) is 2. The first kappa shape index (κ1) is 12.3. The fourth-order valence-electron chi connectivity index (χ4n) is 2.21. The minimum atomic E-state index is -0.927. The average molecular weight is 252 g/mol. The van der Waals surface area contributed by atoms with Gasteiger partial charge in [-0.25, -0.2) is 0 Å². The average Bonchev–Trinajstić information content (AvgIpc) is 2.82. The molecule has 1 unspecified atom stereocenters. The van der Waals surface area contributed by atoms with E-state index < -0.39 is 16.8 Å². The monoisotopic (exact) mass is 252 g/mol. The Morgan fingerprint density at radius 3 is 2.35 bits per heavy atom. The Hall–Kier alpha value is -1.16. The van der Waals surface area contributed by atoms with E-state index in [0.717, 1.165) is 23.3 Å². The van der Waals surface area contributed by atoms with E-state index in [1.54, 1.807) is 24.3 Å². The van der Waals surface area contributed by atoms with Gasteiger partial charge in [-0.1, -0.05) is 25.0 Å². The first-order valence-corrected chi connectivity index (χ1v) is 7.09. The zero-order chi connectivity index (χ0) is 12.3. The van der Waals surface area contributed by atoms with Gasteiger partial charge in [0.25, 0.3) is 0 Å². The van der Waals surface area contributed by atoms with Crippen molar-refractivity contribution in [3.63, 3.8) is 0 Å². The summed E-state index contributed by atoms with van der Waals surface area (Å²) in [6.45, 7) is 0. The molecule has 1 atom stereocenters. The van der Waals surface area contributed by atoms with Crippen LogP contribution in [0.2, 0.25) is 0 Å². The van der Waals surface area contributed by atoms with Crippen LogP contribution in [0.5, 0.6) is 0 Å². The van der Waals surface area contributed by atoms with Crippen molar-refractivity contribution in [3.8, 4) is 0 Å². The zero-order valence-electron chi connectivity index (χ0n) is 9.59. The Balaban J connectivity index is 2.06. The lowest BCUT2D eigenvalue weighted by Gasteiger charge is -2.09. The van der Waals surface area contributed by atoms with Crippen LogP contribution in [0.3, 0.4) is 0 Å². The van der Waals surface area contributed by atoms with Crippen LogP contribution in [-0.4, -0.2) is 20.5 Å². The summed E-state index contributed by atoms with van der Waals surface area (Å²) in [7, 11) is -0.927. The van der Waals surface area contributed by atoms with Gasteiger partial charge in [0.15, 0.2) is 0 Å². The molecular weight excluding hydrogens is 236 g/mol. The topological polar surface area (TPSA) is 54.4 Å². The molecule has 2 rings (SSSR count). The quantitative estimate of drug-likeness (QED) is 0.895. The van der Waals surface area contributed by atoms with Gasteiger partial charge in [0, 0.05) is 10.1 Å². The molecular formula is C13H16O3S. The van der Waals surface area contributed by atoms with E-state index in [4.69, 9.17) is 5.11 Å². The molecule has 3 nitrogen and oxygen atoms in total. The molecule has 17 heavy (non-hydrogen) atoms. The van der Waals surface area contributed by atoms with Crippen LogP contribution in [-0.2, 0) is 22.0 Å². The highest BCUT2D eigenvalue weighted by molar-refractivity contribution is 7.85. The Morgan fingerprint density at radius 2 is 1.82 bits per heavy atom. The summed E-state index contributed by atoms with van der Waals surface area (Å²) in [5.41, 5.74) is 0.754. The van der Waals surface area contributed by atoms with Gasteiger partial charge >= 0.3 is 5.97 Å². The largest absolute Gasteiger partial charge is 0.481 e. The molecule has 0 bridgehead atoms. The van der Waals surface area contributed by atoms with Gasteiger partial charge in [-0.2, -0.15) is 0 Å². The molecule has 0 aliphatic heterocycles. The lowest BCUT2D eigenvalue weighted by molar-refractivity contribution is -0.136. The van der Waals surface area contributed by atoms with Gasteiger partial charge in [-0.05, 0) is 30.5 Å². The van der Waals surface area contributed by atoms with Gasteiger partial charge < -0.3 is 5.11 Å². The van der Waals surface area contributed by atoms with Gasteiger partial charge in [-0.3, -0.25) is 9.00 Å². The normalized spacial score (nSPS) is 18.1. The van der Waals surface area contributed by atoms with Crippen LogP contribution < -0.4 is 0 Å².